The molecule has 0 spiro atoms. The van der Waals surface area contributed by atoms with E-state index in [0.29, 0.717) is 29.2 Å². The highest BCUT2D eigenvalue weighted by Crippen LogP contribution is 2.19. The quantitative estimate of drug-likeness (QED) is 0.511. The predicted molar refractivity (Wildman–Crippen MR) is 128 cm³/mol. The number of carbonyl (C=O) groups excluding carboxylic acids is 2. The first kappa shape index (κ1) is 22.9. The van der Waals surface area contributed by atoms with Gasteiger partial charge in [-0.15, -0.1) is 0 Å². The van der Waals surface area contributed by atoms with Gasteiger partial charge in [0.05, 0.1) is 12.6 Å². The van der Waals surface area contributed by atoms with E-state index in [1.54, 1.807) is 36.2 Å². The van der Waals surface area contributed by atoms with Gasteiger partial charge < -0.3 is 20.3 Å². The van der Waals surface area contributed by atoms with Crippen LogP contribution in [0.4, 0.5) is 11.4 Å². The Morgan fingerprint density at radius 1 is 0.906 bits per heavy atom. The highest BCUT2D eigenvalue weighted by molar-refractivity contribution is 5.96. The van der Waals surface area contributed by atoms with E-state index in [9.17, 15) is 9.59 Å². The van der Waals surface area contributed by atoms with Crippen molar-refractivity contribution in [2.45, 2.75) is 26.5 Å². The zero-order valence-electron chi connectivity index (χ0n) is 18.7. The molecule has 3 aromatic carbocycles. The molecule has 6 nitrogen and oxygen atoms in total. The second kappa shape index (κ2) is 11.0. The van der Waals surface area contributed by atoms with Crippen LogP contribution in [0.15, 0.2) is 78.9 Å². The van der Waals surface area contributed by atoms with Crippen LogP contribution in [-0.2, 0) is 11.3 Å². The zero-order valence-corrected chi connectivity index (χ0v) is 18.7. The fourth-order valence-corrected chi connectivity index (χ4v) is 3.22. The molecular formula is C26H29N3O3. The van der Waals surface area contributed by atoms with Gasteiger partial charge in [-0.25, -0.2) is 0 Å². The number of hydrogen-bond donors (Lipinski definition) is 2. The normalized spacial score (nSPS) is 10.5. The Labute approximate surface area is 189 Å². The fraction of sp³-hybridized carbons (Fsp3) is 0.231. The number of carbonyl (C=O) groups is 2. The molecule has 0 atom stereocenters. The molecule has 3 rings (SSSR count). The van der Waals surface area contributed by atoms with Crippen molar-refractivity contribution in [3.05, 3.63) is 90.0 Å². The Kier molecular flexibility index (Phi) is 7.86. The minimum atomic E-state index is -0.190. The van der Waals surface area contributed by atoms with Gasteiger partial charge in [0.2, 0.25) is 5.91 Å². The second-order valence-corrected chi connectivity index (χ2v) is 7.82. The number of anilines is 2. The summed E-state index contributed by atoms with van der Waals surface area (Å²) in [7, 11) is 1.78. The molecule has 0 unspecified atom stereocenters. The van der Waals surface area contributed by atoms with E-state index in [0.717, 1.165) is 5.56 Å². The van der Waals surface area contributed by atoms with E-state index in [2.05, 4.69) is 10.6 Å². The molecule has 0 aliphatic heterocycles. The van der Waals surface area contributed by atoms with Gasteiger partial charge in [0.1, 0.15) is 5.75 Å². The van der Waals surface area contributed by atoms with Crippen LogP contribution in [0.2, 0.25) is 0 Å². The summed E-state index contributed by atoms with van der Waals surface area (Å²) in [6.07, 6.45) is 0.0596. The first-order valence-corrected chi connectivity index (χ1v) is 10.6. The van der Waals surface area contributed by atoms with E-state index in [4.69, 9.17) is 4.74 Å². The summed E-state index contributed by atoms with van der Waals surface area (Å²) in [5.74, 6) is 0.435. The summed E-state index contributed by atoms with van der Waals surface area (Å²) in [4.78, 5) is 26.8. The smallest absolute Gasteiger partial charge is 0.253 e. The van der Waals surface area contributed by atoms with Crippen molar-refractivity contribution in [1.82, 2.24) is 4.90 Å². The third-order valence-electron chi connectivity index (χ3n) is 4.66. The first-order chi connectivity index (χ1) is 15.4. The van der Waals surface area contributed by atoms with Gasteiger partial charge in [-0.3, -0.25) is 9.59 Å². The van der Waals surface area contributed by atoms with E-state index in [-0.39, 0.29) is 24.5 Å². The Hall–Kier alpha value is -3.80. The molecule has 0 aliphatic rings. The number of hydrogen-bond acceptors (Lipinski definition) is 4. The number of nitrogens with one attached hydrogen (secondary N) is 2. The molecule has 2 amide bonds. The van der Waals surface area contributed by atoms with Crippen molar-refractivity contribution in [3.8, 4) is 5.75 Å². The molecule has 3 aromatic rings. The molecule has 0 saturated carbocycles. The van der Waals surface area contributed by atoms with Gasteiger partial charge in [-0.05, 0) is 49.7 Å². The summed E-state index contributed by atoms with van der Waals surface area (Å²) in [6, 6.07) is 24.3. The SMILES string of the molecule is CC(C)Oc1cccc(NC(=O)CNc2cccc(C(=O)N(C)Cc3ccccc3)c2)c1. The average molecular weight is 432 g/mol. The summed E-state index contributed by atoms with van der Waals surface area (Å²) in [6.45, 7) is 4.51. The molecule has 2 N–H and O–H groups in total. The lowest BCUT2D eigenvalue weighted by Gasteiger charge is -2.18. The van der Waals surface area contributed by atoms with Gasteiger partial charge in [0.25, 0.3) is 5.91 Å². The highest BCUT2D eigenvalue weighted by Gasteiger charge is 2.13. The zero-order chi connectivity index (χ0) is 22.9. The Bertz CT molecular complexity index is 1050. The van der Waals surface area contributed by atoms with Crippen LogP contribution in [0.25, 0.3) is 0 Å². The molecule has 0 aliphatic carbocycles. The van der Waals surface area contributed by atoms with Crippen molar-refractivity contribution >= 4 is 23.2 Å². The molecule has 0 bridgehead atoms. The molecule has 0 aromatic heterocycles. The van der Waals surface area contributed by atoms with Crippen molar-refractivity contribution < 1.29 is 14.3 Å². The lowest BCUT2D eigenvalue weighted by Crippen LogP contribution is -2.26. The van der Waals surface area contributed by atoms with Gasteiger partial charge in [-0.1, -0.05) is 42.5 Å². The van der Waals surface area contributed by atoms with Gasteiger partial charge in [-0.2, -0.15) is 0 Å². The van der Waals surface area contributed by atoms with Crippen LogP contribution in [0, 0.1) is 0 Å². The van der Waals surface area contributed by atoms with E-state index >= 15 is 0 Å². The van der Waals surface area contributed by atoms with Crippen LogP contribution in [-0.4, -0.2) is 36.4 Å². The lowest BCUT2D eigenvalue weighted by molar-refractivity contribution is -0.114. The van der Waals surface area contributed by atoms with E-state index in [1.165, 1.54) is 0 Å². The van der Waals surface area contributed by atoms with E-state index < -0.39 is 0 Å². The standard InChI is InChI=1S/C26H29N3O3/c1-19(2)32-24-14-8-13-23(16-24)28-25(30)17-27-22-12-7-11-21(15-22)26(31)29(3)18-20-9-5-4-6-10-20/h4-16,19,27H,17-18H2,1-3H3,(H,28,30). The predicted octanol–water partition coefficient (Wildman–Crippen LogP) is 4.80. The van der Waals surface area contributed by atoms with Crippen molar-refractivity contribution in [1.29, 1.82) is 0 Å². The summed E-state index contributed by atoms with van der Waals surface area (Å²) >= 11 is 0. The molecule has 0 heterocycles. The van der Waals surface area contributed by atoms with Crippen LogP contribution >= 0.6 is 0 Å². The highest BCUT2D eigenvalue weighted by atomic mass is 16.5. The Balaban J connectivity index is 1.55. The molecule has 0 saturated heterocycles. The van der Waals surface area contributed by atoms with Crippen LogP contribution < -0.4 is 15.4 Å². The second-order valence-electron chi connectivity index (χ2n) is 7.82. The Morgan fingerprint density at radius 2 is 1.62 bits per heavy atom. The van der Waals surface area contributed by atoms with E-state index in [1.807, 2.05) is 68.4 Å². The minimum absolute atomic E-state index is 0.0596. The number of rotatable bonds is 9. The maximum Gasteiger partial charge on any atom is 0.253 e. The number of nitrogens with zero attached hydrogens (tertiary/aromatic N) is 1. The van der Waals surface area contributed by atoms with Gasteiger partial charge in [0, 0.05) is 36.6 Å². The summed E-state index contributed by atoms with van der Waals surface area (Å²) in [5, 5.41) is 5.93. The minimum Gasteiger partial charge on any atom is -0.491 e. The maximum absolute atomic E-state index is 12.8. The molecule has 0 radical (unpaired) electrons. The van der Waals surface area contributed by atoms with Crippen molar-refractivity contribution in [3.63, 3.8) is 0 Å². The average Bonchev–Trinajstić information content (AvgIpc) is 2.78. The van der Waals surface area contributed by atoms with Crippen LogP contribution in [0.3, 0.4) is 0 Å². The number of amides is 2. The maximum atomic E-state index is 12.8. The Morgan fingerprint density at radius 3 is 2.38 bits per heavy atom. The molecule has 32 heavy (non-hydrogen) atoms. The largest absolute Gasteiger partial charge is 0.491 e. The molecule has 0 fully saturated rings. The number of benzene rings is 3. The number of ether oxygens (including phenoxy) is 1. The van der Waals surface area contributed by atoms with Crippen molar-refractivity contribution in [2.24, 2.45) is 0 Å². The van der Waals surface area contributed by atoms with Crippen LogP contribution in [0.5, 0.6) is 5.75 Å². The monoisotopic (exact) mass is 431 g/mol. The first-order valence-electron chi connectivity index (χ1n) is 10.6. The third kappa shape index (κ3) is 6.87. The summed E-state index contributed by atoms with van der Waals surface area (Å²) in [5.41, 5.74) is 3.00. The molecule has 166 valence electrons. The van der Waals surface area contributed by atoms with Crippen LogP contribution in [0.1, 0.15) is 29.8 Å². The lowest BCUT2D eigenvalue weighted by atomic mass is 10.1. The fourth-order valence-electron chi connectivity index (χ4n) is 3.22. The molecular weight excluding hydrogens is 402 g/mol. The summed E-state index contributed by atoms with van der Waals surface area (Å²) < 4.78 is 5.66. The van der Waals surface area contributed by atoms with Crippen molar-refractivity contribution in [2.75, 3.05) is 24.2 Å². The third-order valence-corrected chi connectivity index (χ3v) is 4.66. The van der Waals surface area contributed by atoms with Gasteiger partial charge in [0.15, 0.2) is 0 Å². The topological polar surface area (TPSA) is 70.7 Å². The molecule has 6 heteroatoms. The van der Waals surface area contributed by atoms with Gasteiger partial charge >= 0.3 is 0 Å².